The lowest BCUT2D eigenvalue weighted by Crippen LogP contribution is -2.59. The van der Waals surface area contributed by atoms with Crippen LogP contribution in [-0.4, -0.2) is 21.3 Å². The molecule has 4 saturated carbocycles. The molecule has 4 aliphatic carbocycles. The van der Waals surface area contributed by atoms with Gasteiger partial charge in [-0.15, -0.1) is 0 Å². The van der Waals surface area contributed by atoms with E-state index in [9.17, 15) is 25.0 Å². The van der Waals surface area contributed by atoms with Crippen molar-refractivity contribution in [1.29, 1.82) is 0 Å². The number of nitrogens with one attached hydrogen (secondary N) is 1. The summed E-state index contributed by atoms with van der Waals surface area (Å²) < 4.78 is 0. The summed E-state index contributed by atoms with van der Waals surface area (Å²) in [6, 6.07) is 2.06. The van der Waals surface area contributed by atoms with Gasteiger partial charge in [-0.05, 0) is 63.2 Å². The largest absolute Gasteiger partial charge is 0.347 e. The number of nitrogens with zero attached hydrogens (tertiary/aromatic N) is 2. The van der Waals surface area contributed by atoms with Crippen LogP contribution >= 0.6 is 0 Å². The second-order valence-corrected chi connectivity index (χ2v) is 8.30. The van der Waals surface area contributed by atoms with E-state index < -0.39 is 27.1 Å². The SMILES string of the molecule is Cc1c(C(=O)NC23CC4CC(CC(C4)C2)C3)cc([N+](=O)[O-])cc1[N+](=O)[O-]. The van der Waals surface area contributed by atoms with Crippen molar-refractivity contribution in [2.75, 3.05) is 0 Å². The van der Waals surface area contributed by atoms with Crippen molar-refractivity contribution in [3.8, 4) is 0 Å². The molecule has 0 radical (unpaired) electrons. The number of amides is 1. The third kappa shape index (κ3) is 2.73. The third-order valence-electron chi connectivity index (χ3n) is 6.43. The summed E-state index contributed by atoms with van der Waals surface area (Å²) in [5.41, 5.74) is -0.880. The molecule has 8 nitrogen and oxygen atoms in total. The second kappa shape index (κ2) is 5.75. The zero-order valence-corrected chi connectivity index (χ0v) is 14.6. The first kappa shape index (κ1) is 16.9. The van der Waals surface area contributed by atoms with E-state index in [1.165, 1.54) is 26.2 Å². The van der Waals surface area contributed by atoms with E-state index in [0.29, 0.717) is 17.8 Å². The van der Waals surface area contributed by atoms with Crippen LogP contribution in [0.25, 0.3) is 0 Å². The molecule has 1 amide bonds. The van der Waals surface area contributed by atoms with E-state index >= 15 is 0 Å². The fraction of sp³-hybridized carbons (Fsp3) is 0.611. The van der Waals surface area contributed by atoms with Crippen LogP contribution in [-0.2, 0) is 0 Å². The molecular formula is C18H21N3O5. The normalized spacial score (nSPS) is 31.7. The van der Waals surface area contributed by atoms with Gasteiger partial charge >= 0.3 is 0 Å². The predicted molar refractivity (Wildman–Crippen MR) is 92.9 cm³/mol. The maximum atomic E-state index is 12.9. The van der Waals surface area contributed by atoms with Gasteiger partial charge in [0.1, 0.15) is 0 Å². The maximum absolute atomic E-state index is 12.9. The zero-order valence-electron chi connectivity index (χ0n) is 14.6. The first-order chi connectivity index (χ1) is 12.3. The molecule has 0 unspecified atom stereocenters. The first-order valence-corrected chi connectivity index (χ1v) is 9.02. The lowest BCUT2D eigenvalue weighted by molar-refractivity contribution is -0.394. The fourth-order valence-corrected chi connectivity index (χ4v) is 5.79. The highest BCUT2D eigenvalue weighted by Gasteiger charge is 2.51. The molecule has 0 aliphatic heterocycles. The molecule has 1 N–H and O–H groups in total. The van der Waals surface area contributed by atoms with E-state index in [2.05, 4.69) is 5.32 Å². The van der Waals surface area contributed by atoms with Crippen molar-refractivity contribution in [2.45, 2.75) is 51.0 Å². The quantitative estimate of drug-likeness (QED) is 0.652. The van der Waals surface area contributed by atoms with Gasteiger partial charge in [0, 0.05) is 17.2 Å². The minimum Gasteiger partial charge on any atom is -0.347 e. The molecule has 138 valence electrons. The van der Waals surface area contributed by atoms with E-state index in [1.807, 2.05) is 0 Å². The molecule has 0 atom stereocenters. The topological polar surface area (TPSA) is 115 Å². The summed E-state index contributed by atoms with van der Waals surface area (Å²) in [5.74, 6) is 1.49. The van der Waals surface area contributed by atoms with Crippen LogP contribution in [0, 0.1) is 44.9 Å². The van der Waals surface area contributed by atoms with E-state index in [4.69, 9.17) is 0 Å². The molecule has 0 saturated heterocycles. The number of nitro groups is 2. The Bertz CT molecular complexity index is 784. The smallest absolute Gasteiger partial charge is 0.279 e. The highest BCUT2D eigenvalue weighted by atomic mass is 16.6. The summed E-state index contributed by atoms with van der Waals surface area (Å²) in [4.78, 5) is 33.9. The molecule has 26 heavy (non-hydrogen) atoms. The minimum atomic E-state index is -0.700. The Morgan fingerprint density at radius 3 is 2.04 bits per heavy atom. The van der Waals surface area contributed by atoms with Gasteiger partial charge in [0.2, 0.25) is 0 Å². The van der Waals surface area contributed by atoms with Crippen LogP contribution in [0.2, 0.25) is 0 Å². The van der Waals surface area contributed by atoms with Gasteiger partial charge in [-0.2, -0.15) is 0 Å². The zero-order chi connectivity index (χ0) is 18.6. The molecule has 0 aromatic heterocycles. The maximum Gasteiger partial charge on any atom is 0.279 e. The number of carbonyl (C=O) groups excluding carboxylic acids is 1. The average molecular weight is 359 g/mol. The van der Waals surface area contributed by atoms with Gasteiger partial charge in [0.15, 0.2) is 0 Å². The highest BCUT2D eigenvalue weighted by molar-refractivity contribution is 5.98. The Morgan fingerprint density at radius 2 is 1.58 bits per heavy atom. The first-order valence-electron chi connectivity index (χ1n) is 9.02. The third-order valence-corrected chi connectivity index (χ3v) is 6.43. The molecule has 8 heteroatoms. The molecule has 4 fully saturated rings. The Morgan fingerprint density at radius 1 is 1.04 bits per heavy atom. The Hall–Kier alpha value is -2.51. The van der Waals surface area contributed by atoms with Gasteiger partial charge in [0.05, 0.1) is 21.5 Å². The molecule has 4 bridgehead atoms. The Balaban J connectivity index is 1.66. The number of hydrogen-bond acceptors (Lipinski definition) is 5. The van der Waals surface area contributed by atoms with Gasteiger partial charge < -0.3 is 5.32 Å². The molecule has 0 heterocycles. The van der Waals surface area contributed by atoms with E-state index in [-0.39, 0.29) is 16.7 Å². The van der Waals surface area contributed by atoms with Crippen LogP contribution in [0.1, 0.15) is 54.4 Å². The van der Waals surface area contributed by atoms with Crippen LogP contribution in [0.4, 0.5) is 11.4 Å². The van der Waals surface area contributed by atoms with Crippen LogP contribution < -0.4 is 5.32 Å². The van der Waals surface area contributed by atoms with Crippen molar-refractivity contribution in [1.82, 2.24) is 5.32 Å². The summed E-state index contributed by atoms with van der Waals surface area (Å²) >= 11 is 0. The van der Waals surface area contributed by atoms with E-state index in [0.717, 1.165) is 31.4 Å². The molecule has 5 rings (SSSR count). The van der Waals surface area contributed by atoms with Crippen LogP contribution in [0.5, 0.6) is 0 Å². The highest BCUT2D eigenvalue weighted by Crippen LogP contribution is 2.55. The standard InChI is InChI=1S/C18H21N3O5/c1-10-15(5-14(20(23)24)6-16(10)21(25)26)17(22)19-18-7-11-2-12(8-18)4-13(3-11)9-18/h5-6,11-13H,2-4,7-9H2,1H3,(H,19,22). The van der Waals surface area contributed by atoms with Gasteiger partial charge in [-0.1, -0.05) is 0 Å². The molecule has 1 aromatic carbocycles. The summed E-state index contributed by atoms with van der Waals surface area (Å²) in [6.07, 6.45) is 6.53. The number of rotatable bonds is 4. The summed E-state index contributed by atoms with van der Waals surface area (Å²) in [6.45, 7) is 1.47. The Kier molecular flexibility index (Phi) is 3.75. The average Bonchev–Trinajstić information content (AvgIpc) is 2.52. The minimum absolute atomic E-state index is 0.0293. The number of hydrogen-bond donors (Lipinski definition) is 1. The lowest BCUT2D eigenvalue weighted by atomic mass is 9.53. The van der Waals surface area contributed by atoms with Gasteiger partial charge in [-0.25, -0.2) is 0 Å². The lowest BCUT2D eigenvalue weighted by Gasteiger charge is -2.56. The number of nitro benzene ring substituents is 2. The second-order valence-electron chi connectivity index (χ2n) is 8.30. The predicted octanol–water partition coefficient (Wildman–Crippen LogP) is 3.51. The fourth-order valence-electron chi connectivity index (χ4n) is 5.79. The summed E-state index contributed by atoms with van der Waals surface area (Å²) in [7, 11) is 0. The van der Waals surface area contributed by atoms with Crippen molar-refractivity contribution in [3.63, 3.8) is 0 Å². The number of non-ortho nitro benzene ring substituents is 1. The van der Waals surface area contributed by atoms with Crippen molar-refractivity contribution in [3.05, 3.63) is 43.5 Å². The molecular weight excluding hydrogens is 338 g/mol. The van der Waals surface area contributed by atoms with Crippen LogP contribution in [0.3, 0.4) is 0 Å². The summed E-state index contributed by atoms with van der Waals surface area (Å²) in [5, 5.41) is 25.5. The molecule has 4 aliphatic rings. The monoisotopic (exact) mass is 359 g/mol. The molecule has 1 aromatic rings. The van der Waals surface area contributed by atoms with Gasteiger partial charge in [-0.3, -0.25) is 25.0 Å². The number of carbonyl (C=O) groups is 1. The van der Waals surface area contributed by atoms with Gasteiger partial charge in [0.25, 0.3) is 17.3 Å². The van der Waals surface area contributed by atoms with Crippen molar-refractivity contribution >= 4 is 17.3 Å². The van der Waals surface area contributed by atoms with Crippen molar-refractivity contribution < 1.29 is 14.6 Å². The molecule has 0 spiro atoms. The van der Waals surface area contributed by atoms with Crippen LogP contribution in [0.15, 0.2) is 12.1 Å². The Labute approximate surface area is 150 Å². The van der Waals surface area contributed by atoms with Crippen molar-refractivity contribution in [2.24, 2.45) is 17.8 Å². The number of benzene rings is 1. The van der Waals surface area contributed by atoms with E-state index in [1.54, 1.807) is 0 Å².